The van der Waals surface area contributed by atoms with Gasteiger partial charge >= 0.3 is 5.97 Å². The van der Waals surface area contributed by atoms with Crippen LogP contribution in [0.4, 0.5) is 0 Å². The summed E-state index contributed by atoms with van der Waals surface area (Å²) in [5.74, 6) is 0.858. The fourth-order valence-corrected chi connectivity index (χ4v) is 5.51. The van der Waals surface area contributed by atoms with Gasteiger partial charge in [-0.3, -0.25) is 4.79 Å². The number of methoxy groups -OCH3 is 1. The highest BCUT2D eigenvalue weighted by molar-refractivity contribution is 6.74. The van der Waals surface area contributed by atoms with E-state index >= 15 is 0 Å². The van der Waals surface area contributed by atoms with Crippen LogP contribution < -0.4 is 0 Å². The van der Waals surface area contributed by atoms with Crippen molar-refractivity contribution < 1.29 is 18.4 Å². The lowest BCUT2D eigenvalue weighted by Gasteiger charge is -2.42. The van der Waals surface area contributed by atoms with Gasteiger partial charge in [-0.05, 0) is 48.8 Å². The Kier molecular flexibility index (Phi) is 8.45. The molecule has 0 aromatic carbocycles. The van der Waals surface area contributed by atoms with Gasteiger partial charge in [0.15, 0.2) is 8.32 Å². The third kappa shape index (κ3) is 6.33. The molecule has 0 N–H and O–H groups in total. The van der Waals surface area contributed by atoms with Crippen molar-refractivity contribution in [2.24, 2.45) is 11.8 Å². The Morgan fingerprint density at radius 3 is 1.90 bits per heavy atom. The SMILES string of the molecule is COC(=O)C[C@H]1C=C[C@@H](O[Si](C)(C)C(C)(C)C)[C@H](C)C(O[Si](C)(C)C(C)(C)C)=C1C. The largest absolute Gasteiger partial charge is 0.546 e. The number of hydrogen-bond donors (Lipinski definition) is 0. The second-order valence-corrected chi connectivity index (χ2v) is 21.3. The number of allylic oxidation sites excluding steroid dienone is 2. The van der Waals surface area contributed by atoms with Crippen molar-refractivity contribution >= 4 is 22.6 Å². The maximum Gasteiger partial charge on any atom is 0.306 e. The second kappa shape index (κ2) is 9.33. The summed E-state index contributed by atoms with van der Waals surface area (Å²) in [6.45, 7) is 27.0. The molecule has 0 fully saturated rings. The van der Waals surface area contributed by atoms with Gasteiger partial charge in [-0.2, -0.15) is 0 Å². The van der Waals surface area contributed by atoms with Crippen LogP contribution in [0.2, 0.25) is 36.3 Å². The van der Waals surface area contributed by atoms with Crippen molar-refractivity contribution in [3.63, 3.8) is 0 Å². The normalized spacial score (nSPS) is 24.0. The Labute approximate surface area is 187 Å². The Morgan fingerprint density at radius 1 is 0.967 bits per heavy atom. The molecule has 0 bridgehead atoms. The summed E-state index contributed by atoms with van der Waals surface area (Å²) in [5, 5.41) is 0.213. The maximum atomic E-state index is 12.1. The summed E-state index contributed by atoms with van der Waals surface area (Å²) < 4.78 is 18.7. The first-order valence-electron chi connectivity index (χ1n) is 11.2. The topological polar surface area (TPSA) is 44.8 Å². The van der Waals surface area contributed by atoms with Gasteiger partial charge in [0.2, 0.25) is 8.32 Å². The Hall–Kier alpha value is -0.856. The van der Waals surface area contributed by atoms with E-state index in [1.54, 1.807) is 0 Å². The molecule has 30 heavy (non-hydrogen) atoms. The zero-order chi connectivity index (χ0) is 23.7. The fraction of sp³-hybridized carbons (Fsp3) is 0.792. The van der Waals surface area contributed by atoms with Crippen LogP contribution in [0.5, 0.6) is 0 Å². The van der Waals surface area contributed by atoms with E-state index in [1.165, 1.54) is 7.11 Å². The van der Waals surface area contributed by atoms with Crippen LogP contribution >= 0.6 is 0 Å². The van der Waals surface area contributed by atoms with E-state index in [9.17, 15) is 4.79 Å². The smallest absolute Gasteiger partial charge is 0.306 e. The summed E-state index contributed by atoms with van der Waals surface area (Å²) in [6.07, 6.45) is 4.54. The minimum atomic E-state index is -2.05. The van der Waals surface area contributed by atoms with Gasteiger partial charge in [-0.15, -0.1) is 0 Å². The predicted molar refractivity (Wildman–Crippen MR) is 131 cm³/mol. The van der Waals surface area contributed by atoms with Crippen LogP contribution in [0.25, 0.3) is 0 Å². The molecule has 0 saturated heterocycles. The first-order chi connectivity index (χ1) is 13.3. The van der Waals surface area contributed by atoms with Crippen LogP contribution in [0.3, 0.4) is 0 Å². The van der Waals surface area contributed by atoms with E-state index in [1.807, 2.05) is 0 Å². The Morgan fingerprint density at radius 2 is 1.47 bits per heavy atom. The molecule has 6 heteroatoms. The third-order valence-corrected chi connectivity index (χ3v) is 16.2. The number of esters is 1. The molecule has 1 rings (SSSR count). The number of carbonyl (C=O) groups is 1. The molecule has 0 amide bonds. The fourth-order valence-electron chi connectivity index (χ4n) is 2.99. The summed E-state index contributed by atoms with van der Waals surface area (Å²) in [4.78, 5) is 12.1. The highest BCUT2D eigenvalue weighted by Crippen LogP contribution is 2.44. The molecule has 0 radical (unpaired) electrons. The predicted octanol–water partition coefficient (Wildman–Crippen LogP) is 7.06. The van der Waals surface area contributed by atoms with E-state index in [-0.39, 0.29) is 34.0 Å². The molecule has 0 spiro atoms. The summed E-state index contributed by atoms with van der Waals surface area (Å²) >= 11 is 0. The van der Waals surface area contributed by atoms with Crippen LogP contribution in [0.1, 0.15) is 61.8 Å². The molecule has 4 nitrogen and oxygen atoms in total. The van der Waals surface area contributed by atoms with Gasteiger partial charge < -0.3 is 13.6 Å². The van der Waals surface area contributed by atoms with Crippen molar-refractivity contribution in [1.29, 1.82) is 0 Å². The maximum absolute atomic E-state index is 12.1. The average Bonchev–Trinajstić information content (AvgIpc) is 2.66. The Bertz CT molecular complexity index is 678. The molecule has 0 aliphatic heterocycles. The first kappa shape index (κ1) is 27.2. The quantitative estimate of drug-likeness (QED) is 0.245. The van der Waals surface area contributed by atoms with Gasteiger partial charge in [0, 0.05) is 11.8 Å². The monoisotopic (exact) mass is 454 g/mol. The lowest BCUT2D eigenvalue weighted by atomic mass is 9.94. The van der Waals surface area contributed by atoms with Crippen LogP contribution in [-0.2, 0) is 18.4 Å². The minimum Gasteiger partial charge on any atom is -0.546 e. The van der Waals surface area contributed by atoms with Gasteiger partial charge in [0.05, 0.1) is 25.4 Å². The van der Waals surface area contributed by atoms with E-state index in [0.717, 1.165) is 11.3 Å². The molecule has 0 aromatic heterocycles. The third-order valence-electron chi connectivity index (χ3n) is 7.41. The van der Waals surface area contributed by atoms with E-state index in [0.29, 0.717) is 6.42 Å². The number of rotatable bonds is 6. The summed E-state index contributed by atoms with van der Waals surface area (Å²) in [7, 11) is -2.58. The first-order valence-corrected chi connectivity index (χ1v) is 17.0. The average molecular weight is 455 g/mol. The molecule has 0 heterocycles. The van der Waals surface area contributed by atoms with Crippen molar-refractivity contribution in [2.75, 3.05) is 7.11 Å². The van der Waals surface area contributed by atoms with Crippen molar-refractivity contribution in [3.8, 4) is 0 Å². The van der Waals surface area contributed by atoms with Crippen molar-refractivity contribution in [3.05, 3.63) is 23.5 Å². The van der Waals surface area contributed by atoms with Gasteiger partial charge in [0.1, 0.15) is 0 Å². The molecule has 0 aromatic rings. The van der Waals surface area contributed by atoms with Crippen LogP contribution in [-0.4, -0.2) is 35.8 Å². The van der Waals surface area contributed by atoms with Gasteiger partial charge in [0.25, 0.3) is 0 Å². The zero-order valence-electron chi connectivity index (χ0n) is 21.7. The summed E-state index contributed by atoms with van der Waals surface area (Å²) in [5.41, 5.74) is 1.12. The van der Waals surface area contributed by atoms with Crippen molar-refractivity contribution in [1.82, 2.24) is 0 Å². The van der Waals surface area contributed by atoms with E-state index < -0.39 is 16.6 Å². The molecular weight excluding hydrogens is 408 g/mol. The second-order valence-electron chi connectivity index (χ2n) is 11.8. The molecule has 3 atom stereocenters. The minimum absolute atomic E-state index is 0.0346. The van der Waals surface area contributed by atoms with Crippen molar-refractivity contribution in [2.45, 2.75) is 104 Å². The molecule has 174 valence electrons. The zero-order valence-corrected chi connectivity index (χ0v) is 23.7. The molecule has 1 aliphatic rings. The van der Waals surface area contributed by atoms with Crippen LogP contribution in [0, 0.1) is 11.8 Å². The van der Waals surface area contributed by atoms with Gasteiger partial charge in [-0.1, -0.05) is 60.6 Å². The number of ether oxygens (including phenoxy) is 1. The molecule has 1 aliphatic carbocycles. The highest BCUT2D eigenvalue weighted by atomic mass is 28.4. The standard InChI is InChI=1S/C24H46O4Si2/c1-17-19(16-21(25)26-9)14-15-20(27-29(10,11)23(3,4)5)18(2)22(17)28-30(12,13)24(6,7)8/h14-15,18-20H,16H2,1-13H3/t18-,19+,20+/m0/s1. The Balaban J connectivity index is 3.43. The lowest BCUT2D eigenvalue weighted by Crippen LogP contribution is -2.46. The number of carbonyl (C=O) groups excluding carboxylic acids is 1. The van der Waals surface area contributed by atoms with Crippen LogP contribution in [0.15, 0.2) is 23.5 Å². The van der Waals surface area contributed by atoms with Gasteiger partial charge in [-0.25, -0.2) is 0 Å². The van der Waals surface area contributed by atoms with E-state index in [2.05, 4.69) is 93.7 Å². The number of hydrogen-bond acceptors (Lipinski definition) is 4. The highest BCUT2D eigenvalue weighted by Gasteiger charge is 2.44. The molecular formula is C24H46O4Si2. The van der Waals surface area contributed by atoms with E-state index in [4.69, 9.17) is 13.6 Å². The summed E-state index contributed by atoms with van der Waals surface area (Å²) in [6, 6.07) is 0. The molecule has 0 unspecified atom stereocenters. The molecule has 0 saturated carbocycles. The lowest BCUT2D eigenvalue weighted by molar-refractivity contribution is -0.141.